The number of rotatable bonds is 6. The molecule has 0 aliphatic carbocycles. The van der Waals surface area contributed by atoms with E-state index in [1.54, 1.807) is 13.2 Å². The Bertz CT molecular complexity index is 995. The molecule has 0 fully saturated rings. The first-order valence-corrected chi connectivity index (χ1v) is 8.24. The van der Waals surface area contributed by atoms with E-state index in [1.165, 1.54) is 24.3 Å². The number of para-hydroxylation sites is 1. The molecule has 3 rings (SSSR count). The summed E-state index contributed by atoms with van der Waals surface area (Å²) in [6.45, 7) is 1.51. The van der Waals surface area contributed by atoms with Crippen LogP contribution in [0.15, 0.2) is 57.7 Å². The van der Waals surface area contributed by atoms with Crippen molar-refractivity contribution >= 4 is 5.91 Å². The minimum Gasteiger partial charge on any atom is -0.496 e. The van der Waals surface area contributed by atoms with Crippen LogP contribution in [0, 0.1) is 5.82 Å². The SMILES string of the molecule is COc1ccccc1C(C)NC(=O)Cn1nc(-c2ccc(F)cc2)oc1=O. The molecule has 0 aliphatic heterocycles. The Balaban J connectivity index is 1.71. The maximum atomic E-state index is 13.0. The molecule has 27 heavy (non-hydrogen) atoms. The third kappa shape index (κ3) is 4.22. The molecule has 1 unspecified atom stereocenters. The number of hydrogen-bond acceptors (Lipinski definition) is 5. The molecule has 0 saturated carbocycles. The second-order valence-electron chi connectivity index (χ2n) is 5.87. The van der Waals surface area contributed by atoms with Gasteiger partial charge in [0.25, 0.3) is 0 Å². The van der Waals surface area contributed by atoms with E-state index >= 15 is 0 Å². The molecule has 0 radical (unpaired) electrons. The summed E-state index contributed by atoms with van der Waals surface area (Å²) in [4.78, 5) is 24.2. The Kier molecular flexibility index (Phi) is 5.35. The van der Waals surface area contributed by atoms with E-state index in [1.807, 2.05) is 25.1 Å². The van der Waals surface area contributed by atoms with Crippen LogP contribution >= 0.6 is 0 Å². The minimum atomic E-state index is -0.769. The quantitative estimate of drug-likeness (QED) is 0.720. The number of hydrogen-bond donors (Lipinski definition) is 1. The van der Waals surface area contributed by atoms with Crippen LogP contribution in [-0.4, -0.2) is 22.8 Å². The van der Waals surface area contributed by atoms with Crippen molar-refractivity contribution in [2.45, 2.75) is 19.5 Å². The number of amides is 1. The first-order chi connectivity index (χ1) is 13.0. The van der Waals surface area contributed by atoms with Gasteiger partial charge >= 0.3 is 5.76 Å². The lowest BCUT2D eigenvalue weighted by atomic mass is 10.1. The number of nitrogens with zero attached hydrogens (tertiary/aromatic N) is 2. The predicted octanol–water partition coefficient (Wildman–Crippen LogP) is 2.53. The number of ether oxygens (including phenoxy) is 1. The average molecular weight is 371 g/mol. The zero-order valence-corrected chi connectivity index (χ0v) is 14.8. The highest BCUT2D eigenvalue weighted by Gasteiger charge is 2.17. The lowest BCUT2D eigenvalue weighted by molar-refractivity contribution is -0.122. The Morgan fingerprint density at radius 2 is 1.96 bits per heavy atom. The van der Waals surface area contributed by atoms with Crippen LogP contribution in [0.4, 0.5) is 4.39 Å². The van der Waals surface area contributed by atoms with Crippen LogP contribution in [0.5, 0.6) is 5.75 Å². The predicted molar refractivity (Wildman–Crippen MR) is 95.7 cm³/mol. The zero-order chi connectivity index (χ0) is 19.4. The highest BCUT2D eigenvalue weighted by atomic mass is 19.1. The fourth-order valence-electron chi connectivity index (χ4n) is 2.64. The summed E-state index contributed by atoms with van der Waals surface area (Å²) >= 11 is 0. The molecule has 1 amide bonds. The van der Waals surface area contributed by atoms with Gasteiger partial charge in [0.05, 0.1) is 13.2 Å². The van der Waals surface area contributed by atoms with Gasteiger partial charge in [-0.3, -0.25) is 4.79 Å². The van der Waals surface area contributed by atoms with Crippen molar-refractivity contribution in [1.82, 2.24) is 15.1 Å². The van der Waals surface area contributed by atoms with Gasteiger partial charge in [-0.15, -0.1) is 5.10 Å². The first-order valence-electron chi connectivity index (χ1n) is 8.24. The maximum absolute atomic E-state index is 13.0. The monoisotopic (exact) mass is 371 g/mol. The molecule has 0 aliphatic rings. The van der Waals surface area contributed by atoms with Crippen molar-refractivity contribution in [3.05, 3.63) is 70.5 Å². The van der Waals surface area contributed by atoms with Crippen LogP contribution in [0.2, 0.25) is 0 Å². The molecule has 1 N–H and O–H groups in total. The summed E-state index contributed by atoms with van der Waals surface area (Å²) in [5, 5.41) is 6.79. The minimum absolute atomic E-state index is 0.0191. The van der Waals surface area contributed by atoms with Gasteiger partial charge in [-0.25, -0.2) is 9.18 Å². The Morgan fingerprint density at radius 1 is 1.26 bits per heavy atom. The molecule has 140 valence electrons. The molecule has 0 saturated heterocycles. The third-order valence-electron chi connectivity index (χ3n) is 3.97. The molecule has 1 atom stereocenters. The zero-order valence-electron chi connectivity index (χ0n) is 14.8. The van der Waals surface area contributed by atoms with Gasteiger partial charge in [0.1, 0.15) is 18.1 Å². The van der Waals surface area contributed by atoms with Crippen LogP contribution in [0.1, 0.15) is 18.5 Å². The highest BCUT2D eigenvalue weighted by Crippen LogP contribution is 2.24. The van der Waals surface area contributed by atoms with E-state index in [0.29, 0.717) is 11.3 Å². The van der Waals surface area contributed by atoms with E-state index in [4.69, 9.17) is 9.15 Å². The van der Waals surface area contributed by atoms with E-state index in [9.17, 15) is 14.0 Å². The second-order valence-corrected chi connectivity index (χ2v) is 5.87. The Hall–Kier alpha value is -3.42. The van der Waals surface area contributed by atoms with Gasteiger partial charge in [0, 0.05) is 11.1 Å². The van der Waals surface area contributed by atoms with Crippen molar-refractivity contribution in [2.24, 2.45) is 0 Å². The van der Waals surface area contributed by atoms with Crippen molar-refractivity contribution in [1.29, 1.82) is 0 Å². The Labute approximate surface area is 154 Å². The number of methoxy groups -OCH3 is 1. The number of carbonyl (C=O) groups excluding carboxylic acids is 1. The molecule has 2 aromatic carbocycles. The van der Waals surface area contributed by atoms with Gasteiger partial charge in [0.2, 0.25) is 11.8 Å². The maximum Gasteiger partial charge on any atom is 0.437 e. The van der Waals surface area contributed by atoms with Gasteiger partial charge in [-0.1, -0.05) is 18.2 Å². The molecule has 7 nitrogen and oxygen atoms in total. The first kappa shape index (κ1) is 18.4. The summed E-state index contributed by atoms with van der Waals surface area (Å²) < 4.78 is 24.2. The Morgan fingerprint density at radius 3 is 2.67 bits per heavy atom. The molecule has 1 heterocycles. The third-order valence-corrected chi connectivity index (χ3v) is 3.97. The fourth-order valence-corrected chi connectivity index (χ4v) is 2.64. The molecular weight excluding hydrogens is 353 g/mol. The van der Waals surface area contributed by atoms with E-state index in [-0.39, 0.29) is 18.5 Å². The summed E-state index contributed by atoms with van der Waals surface area (Å²) in [6.07, 6.45) is 0. The van der Waals surface area contributed by atoms with Gasteiger partial charge < -0.3 is 14.5 Å². The van der Waals surface area contributed by atoms with Crippen LogP contribution < -0.4 is 15.8 Å². The normalized spacial score (nSPS) is 11.8. The van der Waals surface area contributed by atoms with Gasteiger partial charge in [0.15, 0.2) is 0 Å². The number of carbonyl (C=O) groups is 1. The van der Waals surface area contributed by atoms with Crippen molar-refractivity contribution in [3.8, 4) is 17.2 Å². The van der Waals surface area contributed by atoms with Gasteiger partial charge in [-0.05, 0) is 37.3 Å². The number of nitrogens with one attached hydrogen (secondary N) is 1. The summed E-state index contributed by atoms with van der Waals surface area (Å²) in [5.74, 6) is -0.915. The largest absolute Gasteiger partial charge is 0.496 e. The van der Waals surface area contributed by atoms with Crippen molar-refractivity contribution < 1.29 is 18.3 Å². The molecule has 0 bridgehead atoms. The summed E-state index contributed by atoms with van der Waals surface area (Å²) in [7, 11) is 1.55. The van der Waals surface area contributed by atoms with Crippen molar-refractivity contribution in [3.63, 3.8) is 0 Å². The lowest BCUT2D eigenvalue weighted by Crippen LogP contribution is -2.33. The number of aromatic nitrogens is 2. The molecule has 0 spiro atoms. The molecular formula is C19H18FN3O4. The summed E-state index contributed by atoms with van der Waals surface area (Å²) in [6, 6.07) is 12.3. The molecule has 3 aromatic rings. The smallest absolute Gasteiger partial charge is 0.437 e. The van der Waals surface area contributed by atoms with Crippen LogP contribution in [0.25, 0.3) is 11.5 Å². The van der Waals surface area contributed by atoms with Crippen molar-refractivity contribution in [2.75, 3.05) is 7.11 Å². The van der Waals surface area contributed by atoms with E-state index in [2.05, 4.69) is 10.4 Å². The standard InChI is InChI=1S/C19H18FN3O4/c1-12(15-5-3-4-6-16(15)26-2)21-17(24)11-23-19(25)27-18(22-23)13-7-9-14(20)10-8-13/h3-10,12H,11H2,1-2H3,(H,21,24). The topological polar surface area (TPSA) is 86.4 Å². The lowest BCUT2D eigenvalue weighted by Gasteiger charge is -2.16. The average Bonchev–Trinajstić information content (AvgIpc) is 3.02. The highest BCUT2D eigenvalue weighted by molar-refractivity contribution is 5.76. The number of benzene rings is 2. The van der Waals surface area contributed by atoms with Gasteiger partial charge in [-0.2, -0.15) is 4.68 Å². The second kappa shape index (κ2) is 7.86. The van der Waals surface area contributed by atoms with E-state index in [0.717, 1.165) is 10.2 Å². The van der Waals surface area contributed by atoms with E-state index < -0.39 is 17.5 Å². The fraction of sp³-hybridized carbons (Fsp3) is 0.211. The van der Waals surface area contributed by atoms with Crippen LogP contribution in [0.3, 0.4) is 0 Å². The van der Waals surface area contributed by atoms with Crippen LogP contribution in [-0.2, 0) is 11.3 Å². The molecule has 1 aromatic heterocycles. The molecule has 8 heteroatoms. The number of halogens is 1. The summed E-state index contributed by atoms with van der Waals surface area (Å²) in [5.41, 5.74) is 1.25.